The summed E-state index contributed by atoms with van der Waals surface area (Å²) in [7, 11) is 1.70. The topological polar surface area (TPSA) is 38.5 Å². The zero-order valence-electron chi connectivity index (χ0n) is 15.2. The summed E-state index contributed by atoms with van der Waals surface area (Å²) in [5, 5.41) is 2.04. The van der Waals surface area contributed by atoms with Gasteiger partial charge in [-0.05, 0) is 49.5 Å². The molecule has 0 aliphatic carbocycles. The third kappa shape index (κ3) is 3.94. The molecule has 0 aliphatic rings. The van der Waals surface area contributed by atoms with Crippen LogP contribution in [0.4, 0.5) is 0 Å². The lowest BCUT2D eigenvalue weighted by Crippen LogP contribution is -2.26. The Hall–Kier alpha value is -2.11. The highest BCUT2D eigenvalue weighted by Crippen LogP contribution is 2.29. The average molecular weight is 356 g/mol. The van der Waals surface area contributed by atoms with Crippen molar-refractivity contribution >= 4 is 11.3 Å². The highest BCUT2D eigenvalue weighted by Gasteiger charge is 2.19. The molecule has 0 aliphatic heterocycles. The Morgan fingerprint density at radius 3 is 2.80 bits per heavy atom. The number of ether oxygens (including phenoxy) is 1. The summed E-state index contributed by atoms with van der Waals surface area (Å²) in [6.45, 7) is 8.07. The van der Waals surface area contributed by atoms with E-state index in [0.717, 1.165) is 35.2 Å². The maximum Gasteiger partial charge on any atom is 0.236 e. The van der Waals surface area contributed by atoms with E-state index in [-0.39, 0.29) is 6.04 Å². The minimum absolute atomic E-state index is 0.265. The van der Waals surface area contributed by atoms with Gasteiger partial charge in [0, 0.05) is 12.6 Å². The van der Waals surface area contributed by atoms with Gasteiger partial charge in [-0.3, -0.25) is 4.90 Å². The number of hydrogen-bond donors (Lipinski definition) is 0. The van der Waals surface area contributed by atoms with Crippen molar-refractivity contribution in [3.8, 4) is 16.5 Å². The second kappa shape index (κ2) is 7.85. The molecule has 3 aromatic rings. The SMILES string of the molecule is CCN(Cc1nc(-c2cccs2)oc1C)C(C)c1cccc(OC)c1. The van der Waals surface area contributed by atoms with E-state index in [1.807, 2.05) is 36.6 Å². The van der Waals surface area contributed by atoms with Gasteiger partial charge in [-0.25, -0.2) is 4.98 Å². The maximum atomic E-state index is 5.88. The van der Waals surface area contributed by atoms with Crippen LogP contribution in [-0.2, 0) is 6.54 Å². The Balaban J connectivity index is 1.80. The van der Waals surface area contributed by atoms with Crippen LogP contribution in [0.5, 0.6) is 5.75 Å². The minimum Gasteiger partial charge on any atom is -0.497 e. The molecule has 0 spiro atoms. The number of methoxy groups -OCH3 is 1. The fraction of sp³-hybridized carbons (Fsp3) is 0.350. The summed E-state index contributed by atoms with van der Waals surface area (Å²) < 4.78 is 11.2. The zero-order valence-corrected chi connectivity index (χ0v) is 16.0. The molecule has 0 N–H and O–H groups in total. The van der Waals surface area contributed by atoms with Gasteiger partial charge >= 0.3 is 0 Å². The summed E-state index contributed by atoms with van der Waals surface area (Å²) in [6, 6.07) is 12.6. The fourth-order valence-corrected chi connectivity index (χ4v) is 3.56. The molecule has 0 amide bonds. The van der Waals surface area contributed by atoms with Crippen molar-refractivity contribution in [2.24, 2.45) is 0 Å². The molecule has 1 unspecified atom stereocenters. The molecule has 3 rings (SSSR count). The highest BCUT2D eigenvalue weighted by atomic mass is 32.1. The van der Waals surface area contributed by atoms with E-state index < -0.39 is 0 Å². The smallest absolute Gasteiger partial charge is 0.236 e. The van der Waals surface area contributed by atoms with Crippen LogP contribution in [0.25, 0.3) is 10.8 Å². The number of oxazole rings is 1. The predicted molar refractivity (Wildman–Crippen MR) is 102 cm³/mol. The molecule has 5 heteroatoms. The Morgan fingerprint density at radius 2 is 2.12 bits per heavy atom. The van der Waals surface area contributed by atoms with Crippen LogP contribution in [0.1, 0.15) is 36.9 Å². The van der Waals surface area contributed by atoms with Crippen LogP contribution in [0.15, 0.2) is 46.2 Å². The van der Waals surface area contributed by atoms with E-state index in [0.29, 0.717) is 5.89 Å². The monoisotopic (exact) mass is 356 g/mol. The van der Waals surface area contributed by atoms with Crippen molar-refractivity contribution in [1.29, 1.82) is 0 Å². The first-order chi connectivity index (χ1) is 12.1. The molecule has 0 bridgehead atoms. The van der Waals surface area contributed by atoms with Gasteiger partial charge in [0.1, 0.15) is 11.5 Å². The van der Waals surface area contributed by atoms with Crippen molar-refractivity contribution in [3.63, 3.8) is 0 Å². The third-order valence-electron chi connectivity index (χ3n) is 4.51. The number of benzene rings is 1. The summed E-state index contributed by atoms with van der Waals surface area (Å²) in [4.78, 5) is 8.18. The van der Waals surface area contributed by atoms with Gasteiger partial charge in [0.15, 0.2) is 0 Å². The van der Waals surface area contributed by atoms with Gasteiger partial charge in [-0.15, -0.1) is 11.3 Å². The van der Waals surface area contributed by atoms with E-state index in [4.69, 9.17) is 14.1 Å². The van der Waals surface area contributed by atoms with Crippen molar-refractivity contribution in [3.05, 3.63) is 58.8 Å². The van der Waals surface area contributed by atoms with Gasteiger partial charge in [0.2, 0.25) is 5.89 Å². The third-order valence-corrected chi connectivity index (χ3v) is 5.37. The molecule has 0 radical (unpaired) electrons. The summed E-state index contributed by atoms with van der Waals surface area (Å²) >= 11 is 1.65. The standard InChI is InChI=1S/C20H24N2O2S/c1-5-22(14(2)16-8-6-9-17(12-16)23-4)13-18-15(3)24-20(21-18)19-10-7-11-25-19/h6-12,14H,5,13H2,1-4H3. The lowest BCUT2D eigenvalue weighted by Gasteiger charge is -2.27. The minimum atomic E-state index is 0.265. The molecular weight excluding hydrogens is 332 g/mol. The van der Waals surface area contributed by atoms with E-state index in [1.165, 1.54) is 5.56 Å². The van der Waals surface area contributed by atoms with Gasteiger partial charge in [-0.1, -0.05) is 25.1 Å². The Labute approximate surface area is 153 Å². The second-order valence-electron chi connectivity index (χ2n) is 6.01. The first-order valence-electron chi connectivity index (χ1n) is 8.50. The van der Waals surface area contributed by atoms with Gasteiger partial charge in [-0.2, -0.15) is 0 Å². The number of rotatable bonds is 7. The van der Waals surface area contributed by atoms with Crippen LogP contribution in [0, 0.1) is 6.92 Å². The first-order valence-corrected chi connectivity index (χ1v) is 9.38. The van der Waals surface area contributed by atoms with Crippen LogP contribution in [0.2, 0.25) is 0 Å². The molecular formula is C20H24N2O2S. The summed E-state index contributed by atoms with van der Waals surface area (Å²) in [6.07, 6.45) is 0. The Bertz CT molecular complexity index is 811. The molecule has 25 heavy (non-hydrogen) atoms. The maximum absolute atomic E-state index is 5.88. The number of aryl methyl sites for hydroxylation is 1. The predicted octanol–water partition coefficient (Wildman–Crippen LogP) is 5.30. The van der Waals surface area contributed by atoms with Gasteiger partial charge in [0.25, 0.3) is 0 Å². The molecule has 132 valence electrons. The van der Waals surface area contributed by atoms with Crippen LogP contribution >= 0.6 is 11.3 Å². The largest absolute Gasteiger partial charge is 0.497 e. The Kier molecular flexibility index (Phi) is 5.56. The van der Waals surface area contributed by atoms with E-state index in [9.17, 15) is 0 Å². The number of nitrogens with zero attached hydrogens (tertiary/aromatic N) is 2. The first kappa shape index (κ1) is 17.7. The van der Waals surface area contributed by atoms with Gasteiger partial charge < -0.3 is 9.15 Å². The van der Waals surface area contributed by atoms with E-state index >= 15 is 0 Å². The van der Waals surface area contributed by atoms with Gasteiger partial charge in [0.05, 0.1) is 17.7 Å². The number of aromatic nitrogens is 1. The van der Waals surface area contributed by atoms with E-state index in [2.05, 4.69) is 30.9 Å². The summed E-state index contributed by atoms with van der Waals surface area (Å²) in [5.41, 5.74) is 2.24. The zero-order chi connectivity index (χ0) is 17.8. The van der Waals surface area contributed by atoms with Crippen LogP contribution in [-0.4, -0.2) is 23.5 Å². The molecule has 0 fully saturated rings. The lowest BCUT2D eigenvalue weighted by molar-refractivity contribution is 0.209. The highest BCUT2D eigenvalue weighted by molar-refractivity contribution is 7.13. The van der Waals surface area contributed by atoms with Crippen LogP contribution < -0.4 is 4.74 Å². The Morgan fingerprint density at radius 1 is 1.28 bits per heavy atom. The molecule has 2 heterocycles. The van der Waals surface area contributed by atoms with E-state index in [1.54, 1.807) is 18.4 Å². The van der Waals surface area contributed by atoms with Crippen molar-refractivity contribution in [1.82, 2.24) is 9.88 Å². The molecule has 1 aromatic carbocycles. The lowest BCUT2D eigenvalue weighted by atomic mass is 10.1. The molecule has 0 saturated carbocycles. The molecule has 2 aromatic heterocycles. The number of thiophene rings is 1. The van der Waals surface area contributed by atoms with Crippen molar-refractivity contribution < 1.29 is 9.15 Å². The quantitative estimate of drug-likeness (QED) is 0.575. The average Bonchev–Trinajstić information content (AvgIpc) is 3.29. The number of hydrogen-bond acceptors (Lipinski definition) is 5. The van der Waals surface area contributed by atoms with Crippen molar-refractivity contribution in [2.45, 2.75) is 33.4 Å². The van der Waals surface area contributed by atoms with Crippen molar-refractivity contribution in [2.75, 3.05) is 13.7 Å². The summed E-state index contributed by atoms with van der Waals surface area (Å²) in [5.74, 6) is 2.49. The van der Waals surface area contributed by atoms with Crippen LogP contribution in [0.3, 0.4) is 0 Å². The fourth-order valence-electron chi connectivity index (χ4n) is 2.91. The second-order valence-corrected chi connectivity index (χ2v) is 6.96. The normalized spacial score (nSPS) is 12.5. The molecule has 1 atom stereocenters. The molecule has 0 saturated heterocycles. The molecule has 4 nitrogen and oxygen atoms in total.